The zero-order chi connectivity index (χ0) is 15.9. The minimum Gasteiger partial charge on any atom is -0.370 e. The van der Waals surface area contributed by atoms with Gasteiger partial charge in [-0.15, -0.1) is 0 Å². The molecular weight excluding hydrogens is 292 g/mol. The molecule has 3 amide bonds. The summed E-state index contributed by atoms with van der Waals surface area (Å²) in [4.78, 5) is 27.1. The van der Waals surface area contributed by atoms with E-state index >= 15 is 0 Å². The molecule has 0 saturated carbocycles. The second-order valence-corrected chi connectivity index (χ2v) is 6.88. The van der Waals surface area contributed by atoms with Crippen molar-refractivity contribution >= 4 is 23.3 Å². The number of piperidine rings is 1. The third-order valence-corrected chi connectivity index (χ3v) is 5.30. The molecule has 6 nitrogen and oxygen atoms in total. The van der Waals surface area contributed by atoms with E-state index in [1.165, 1.54) is 18.5 Å². The van der Waals surface area contributed by atoms with Crippen molar-refractivity contribution in [2.75, 3.05) is 42.5 Å². The number of nitrogens with zero attached hydrogens (tertiary/aromatic N) is 2. The van der Waals surface area contributed by atoms with E-state index in [2.05, 4.69) is 27.7 Å². The lowest BCUT2D eigenvalue weighted by molar-refractivity contribution is -0.120. The highest BCUT2D eigenvalue weighted by Crippen LogP contribution is 2.41. The summed E-state index contributed by atoms with van der Waals surface area (Å²) in [6.45, 7) is 4.98. The molecule has 0 atom stereocenters. The number of benzene rings is 1. The second-order valence-electron chi connectivity index (χ2n) is 6.88. The van der Waals surface area contributed by atoms with Gasteiger partial charge in [0.1, 0.15) is 0 Å². The van der Waals surface area contributed by atoms with E-state index in [-0.39, 0.29) is 11.9 Å². The fraction of sp³-hybridized carbons (Fsp3) is 0.529. The highest BCUT2D eigenvalue weighted by Gasteiger charge is 2.43. The molecule has 6 heteroatoms. The van der Waals surface area contributed by atoms with Crippen LogP contribution >= 0.6 is 0 Å². The summed E-state index contributed by atoms with van der Waals surface area (Å²) < 4.78 is 0. The Kier molecular flexibility index (Phi) is 3.49. The Bertz CT molecular complexity index is 614. The highest BCUT2D eigenvalue weighted by molar-refractivity contribution is 6.05. The summed E-state index contributed by atoms with van der Waals surface area (Å²) in [5, 5.41) is 5.79. The number of imide groups is 1. The Balaban J connectivity index is 1.41. The summed E-state index contributed by atoms with van der Waals surface area (Å²) >= 11 is 0. The molecule has 122 valence electrons. The van der Waals surface area contributed by atoms with Crippen LogP contribution < -0.4 is 20.4 Å². The maximum Gasteiger partial charge on any atom is 0.328 e. The van der Waals surface area contributed by atoms with Gasteiger partial charge in [0.2, 0.25) is 5.91 Å². The molecule has 3 fully saturated rings. The van der Waals surface area contributed by atoms with Crippen molar-refractivity contribution in [3.8, 4) is 0 Å². The third-order valence-electron chi connectivity index (χ3n) is 5.30. The Morgan fingerprint density at radius 1 is 0.957 bits per heavy atom. The SMILES string of the molecule is O=C1CCN(c2ccc(N3CC4(CCNCC4)C3)cc2)C(=O)N1. The van der Waals surface area contributed by atoms with Crippen LogP contribution in [0.5, 0.6) is 0 Å². The number of carbonyl (C=O) groups is 2. The third kappa shape index (κ3) is 2.67. The quantitative estimate of drug-likeness (QED) is 0.864. The predicted octanol–water partition coefficient (Wildman–Crippen LogP) is 1.32. The van der Waals surface area contributed by atoms with Gasteiger partial charge in [-0.05, 0) is 50.2 Å². The maximum atomic E-state index is 11.9. The minimum atomic E-state index is -0.327. The van der Waals surface area contributed by atoms with Crippen molar-refractivity contribution in [3.63, 3.8) is 0 Å². The van der Waals surface area contributed by atoms with Crippen molar-refractivity contribution < 1.29 is 9.59 Å². The molecule has 1 spiro atoms. The number of anilines is 2. The van der Waals surface area contributed by atoms with Gasteiger partial charge in [0.15, 0.2) is 0 Å². The molecule has 0 radical (unpaired) electrons. The van der Waals surface area contributed by atoms with Gasteiger partial charge in [0.25, 0.3) is 0 Å². The molecule has 1 aromatic carbocycles. The van der Waals surface area contributed by atoms with E-state index in [1.807, 2.05) is 12.1 Å². The molecule has 0 bridgehead atoms. The van der Waals surface area contributed by atoms with Gasteiger partial charge in [-0.1, -0.05) is 0 Å². The van der Waals surface area contributed by atoms with Gasteiger partial charge in [-0.25, -0.2) is 4.79 Å². The summed E-state index contributed by atoms with van der Waals surface area (Å²) in [5.74, 6) is -0.198. The average molecular weight is 314 g/mol. The highest BCUT2D eigenvalue weighted by atomic mass is 16.2. The smallest absolute Gasteiger partial charge is 0.328 e. The molecule has 23 heavy (non-hydrogen) atoms. The van der Waals surface area contributed by atoms with Gasteiger partial charge in [-0.3, -0.25) is 15.0 Å². The van der Waals surface area contributed by atoms with E-state index in [0.29, 0.717) is 18.4 Å². The van der Waals surface area contributed by atoms with Crippen LogP contribution in [0, 0.1) is 5.41 Å². The molecule has 1 aromatic rings. The van der Waals surface area contributed by atoms with Crippen LogP contribution in [0.25, 0.3) is 0 Å². The van der Waals surface area contributed by atoms with Crippen LogP contribution in [-0.4, -0.2) is 44.7 Å². The Morgan fingerprint density at radius 2 is 1.61 bits per heavy atom. The van der Waals surface area contributed by atoms with E-state index in [0.717, 1.165) is 31.9 Å². The van der Waals surface area contributed by atoms with Crippen molar-refractivity contribution in [3.05, 3.63) is 24.3 Å². The lowest BCUT2D eigenvalue weighted by atomic mass is 9.72. The summed E-state index contributed by atoms with van der Waals surface area (Å²) in [5.41, 5.74) is 2.57. The Hall–Kier alpha value is -2.08. The largest absolute Gasteiger partial charge is 0.370 e. The fourth-order valence-corrected chi connectivity index (χ4v) is 3.87. The standard InChI is InChI=1S/C17H22N4O2/c22-15-5-10-21(16(23)19-15)14-3-1-13(2-4-14)20-11-17(12-20)6-8-18-9-7-17/h1-4,18H,5-12H2,(H,19,22,23). The van der Waals surface area contributed by atoms with Gasteiger partial charge in [0, 0.05) is 42.8 Å². The second kappa shape index (κ2) is 5.53. The van der Waals surface area contributed by atoms with Crippen LogP contribution in [0.3, 0.4) is 0 Å². The lowest BCUT2D eigenvalue weighted by Gasteiger charge is -2.53. The van der Waals surface area contributed by atoms with E-state index in [1.54, 1.807) is 4.90 Å². The minimum absolute atomic E-state index is 0.198. The summed E-state index contributed by atoms with van der Waals surface area (Å²) in [6, 6.07) is 7.77. The Labute approximate surface area is 135 Å². The Morgan fingerprint density at radius 3 is 2.26 bits per heavy atom. The van der Waals surface area contributed by atoms with Gasteiger partial charge in [-0.2, -0.15) is 0 Å². The number of amides is 3. The number of urea groups is 1. The summed E-state index contributed by atoms with van der Waals surface area (Å²) in [6.07, 6.45) is 2.89. The number of hydrogen-bond acceptors (Lipinski definition) is 4. The molecule has 3 aliphatic rings. The van der Waals surface area contributed by atoms with Crippen molar-refractivity contribution in [2.24, 2.45) is 5.41 Å². The molecule has 3 heterocycles. The molecule has 0 aromatic heterocycles. The molecule has 3 saturated heterocycles. The van der Waals surface area contributed by atoms with Gasteiger partial charge in [0.05, 0.1) is 0 Å². The monoisotopic (exact) mass is 314 g/mol. The first-order valence-corrected chi connectivity index (χ1v) is 8.32. The normalized spacial score (nSPS) is 23.7. The van der Waals surface area contributed by atoms with E-state index in [4.69, 9.17) is 0 Å². The number of carbonyl (C=O) groups excluding carboxylic acids is 2. The van der Waals surface area contributed by atoms with Crippen molar-refractivity contribution in [2.45, 2.75) is 19.3 Å². The molecule has 0 aliphatic carbocycles. The molecule has 4 rings (SSSR count). The van der Waals surface area contributed by atoms with Gasteiger partial charge < -0.3 is 10.2 Å². The van der Waals surface area contributed by atoms with Crippen LogP contribution in [0.1, 0.15) is 19.3 Å². The van der Waals surface area contributed by atoms with Crippen LogP contribution in [0.2, 0.25) is 0 Å². The zero-order valence-corrected chi connectivity index (χ0v) is 13.2. The van der Waals surface area contributed by atoms with E-state index in [9.17, 15) is 9.59 Å². The fourth-order valence-electron chi connectivity index (χ4n) is 3.87. The summed E-state index contributed by atoms with van der Waals surface area (Å²) in [7, 11) is 0. The number of hydrogen-bond donors (Lipinski definition) is 2. The van der Waals surface area contributed by atoms with E-state index < -0.39 is 0 Å². The molecular formula is C17H22N4O2. The predicted molar refractivity (Wildman–Crippen MR) is 88.7 cm³/mol. The maximum absolute atomic E-state index is 11.9. The average Bonchev–Trinajstić information content (AvgIpc) is 2.54. The molecule has 3 aliphatic heterocycles. The van der Waals surface area contributed by atoms with Crippen molar-refractivity contribution in [1.29, 1.82) is 0 Å². The molecule has 2 N–H and O–H groups in total. The van der Waals surface area contributed by atoms with Crippen LogP contribution in [0.15, 0.2) is 24.3 Å². The van der Waals surface area contributed by atoms with Crippen LogP contribution in [0.4, 0.5) is 16.2 Å². The first-order valence-electron chi connectivity index (χ1n) is 8.32. The first kappa shape index (κ1) is 14.5. The van der Waals surface area contributed by atoms with Gasteiger partial charge >= 0.3 is 6.03 Å². The van der Waals surface area contributed by atoms with Crippen LogP contribution in [-0.2, 0) is 4.79 Å². The zero-order valence-electron chi connectivity index (χ0n) is 13.2. The molecule has 0 unspecified atom stereocenters. The van der Waals surface area contributed by atoms with Crippen molar-refractivity contribution in [1.82, 2.24) is 10.6 Å². The lowest BCUT2D eigenvalue weighted by Crippen LogP contribution is -2.60. The first-order chi connectivity index (χ1) is 11.2. The number of nitrogens with one attached hydrogen (secondary N) is 2. The topological polar surface area (TPSA) is 64.7 Å². The number of rotatable bonds is 2.